The van der Waals surface area contributed by atoms with E-state index in [4.69, 9.17) is 0 Å². The van der Waals surface area contributed by atoms with Crippen LogP contribution in [-0.2, 0) is 4.79 Å². The molecule has 28 heavy (non-hydrogen) atoms. The van der Waals surface area contributed by atoms with E-state index >= 15 is 0 Å². The zero-order valence-corrected chi connectivity index (χ0v) is 15.0. The number of rotatable bonds is 5. The van der Waals surface area contributed by atoms with Crippen LogP contribution in [0, 0.1) is 17.5 Å². The van der Waals surface area contributed by atoms with Gasteiger partial charge < -0.3 is 0 Å². The molecule has 0 aromatic heterocycles. The average Bonchev–Trinajstić information content (AvgIpc) is 2.70. The maximum absolute atomic E-state index is 14.5. The minimum absolute atomic E-state index is 0.353. The molecule has 0 saturated heterocycles. The first-order valence-electron chi connectivity index (χ1n) is 8.59. The standard InChI is InChI=1S/C22H17F3N2O/c1-14(22(28)27-26-13-18-19(23)8-5-9-20(18)24)16-10-11-17(21(25)12-16)15-6-3-2-4-7-15/h2-14H,1H3,(H,27,28)/b26-13+. The molecule has 1 amide bonds. The van der Waals surface area contributed by atoms with Crippen molar-refractivity contribution in [3.63, 3.8) is 0 Å². The number of carbonyl (C=O) groups excluding carboxylic acids is 1. The highest BCUT2D eigenvalue weighted by Gasteiger charge is 2.17. The van der Waals surface area contributed by atoms with E-state index in [-0.39, 0.29) is 5.56 Å². The van der Waals surface area contributed by atoms with Gasteiger partial charge in [0.25, 0.3) is 0 Å². The van der Waals surface area contributed by atoms with Crippen LogP contribution in [0.15, 0.2) is 71.8 Å². The van der Waals surface area contributed by atoms with Gasteiger partial charge in [-0.25, -0.2) is 18.6 Å². The Balaban J connectivity index is 1.71. The summed E-state index contributed by atoms with van der Waals surface area (Å²) < 4.78 is 41.5. The summed E-state index contributed by atoms with van der Waals surface area (Å²) in [5.41, 5.74) is 3.50. The second-order valence-corrected chi connectivity index (χ2v) is 6.20. The van der Waals surface area contributed by atoms with Crippen molar-refractivity contribution in [3.8, 4) is 11.1 Å². The van der Waals surface area contributed by atoms with Gasteiger partial charge in [-0.1, -0.05) is 48.5 Å². The number of hydrogen-bond donors (Lipinski definition) is 1. The molecular formula is C22H17F3N2O. The second kappa shape index (κ2) is 8.52. The number of benzene rings is 3. The summed E-state index contributed by atoms with van der Waals surface area (Å²) in [6.45, 7) is 1.59. The van der Waals surface area contributed by atoms with E-state index in [0.29, 0.717) is 11.1 Å². The van der Waals surface area contributed by atoms with Crippen molar-refractivity contribution in [2.45, 2.75) is 12.8 Å². The first-order chi connectivity index (χ1) is 13.5. The number of hydrogen-bond acceptors (Lipinski definition) is 2. The Hall–Kier alpha value is -3.41. The van der Waals surface area contributed by atoms with E-state index in [9.17, 15) is 18.0 Å². The second-order valence-electron chi connectivity index (χ2n) is 6.20. The number of carbonyl (C=O) groups is 1. The lowest BCUT2D eigenvalue weighted by atomic mass is 9.96. The van der Waals surface area contributed by atoms with Gasteiger partial charge >= 0.3 is 0 Å². The molecule has 3 nitrogen and oxygen atoms in total. The summed E-state index contributed by atoms with van der Waals surface area (Å²) in [6, 6.07) is 17.1. The van der Waals surface area contributed by atoms with Crippen LogP contribution in [-0.4, -0.2) is 12.1 Å². The Bertz CT molecular complexity index is 999. The van der Waals surface area contributed by atoms with Gasteiger partial charge in [0.15, 0.2) is 0 Å². The van der Waals surface area contributed by atoms with Gasteiger partial charge in [0.05, 0.1) is 17.7 Å². The van der Waals surface area contributed by atoms with Gasteiger partial charge in [0.1, 0.15) is 17.5 Å². The average molecular weight is 382 g/mol. The third-order valence-electron chi connectivity index (χ3n) is 4.34. The van der Waals surface area contributed by atoms with Crippen molar-refractivity contribution in [1.29, 1.82) is 0 Å². The topological polar surface area (TPSA) is 41.5 Å². The molecule has 6 heteroatoms. The third kappa shape index (κ3) is 4.28. The molecule has 3 aromatic rings. The lowest BCUT2D eigenvalue weighted by Gasteiger charge is -2.12. The van der Waals surface area contributed by atoms with Crippen molar-refractivity contribution < 1.29 is 18.0 Å². The molecule has 0 saturated carbocycles. The van der Waals surface area contributed by atoms with Crippen LogP contribution in [0.4, 0.5) is 13.2 Å². The van der Waals surface area contributed by atoms with Gasteiger partial charge in [-0.15, -0.1) is 0 Å². The van der Waals surface area contributed by atoms with E-state index in [2.05, 4.69) is 10.5 Å². The van der Waals surface area contributed by atoms with Crippen molar-refractivity contribution in [3.05, 3.63) is 95.3 Å². The lowest BCUT2D eigenvalue weighted by molar-refractivity contribution is -0.122. The number of halogens is 3. The molecular weight excluding hydrogens is 365 g/mol. The van der Waals surface area contributed by atoms with Gasteiger partial charge in [-0.05, 0) is 36.2 Å². The van der Waals surface area contributed by atoms with E-state index in [0.717, 1.165) is 23.9 Å². The predicted octanol–water partition coefficient (Wildman–Crippen LogP) is 5.02. The summed E-state index contributed by atoms with van der Waals surface area (Å²) in [4.78, 5) is 12.2. The minimum atomic E-state index is -0.787. The van der Waals surface area contributed by atoms with Gasteiger partial charge in [-0.3, -0.25) is 4.79 Å². The Morgan fingerprint density at radius 1 is 0.929 bits per heavy atom. The first kappa shape index (κ1) is 19.4. The highest BCUT2D eigenvalue weighted by atomic mass is 19.1. The highest BCUT2D eigenvalue weighted by Crippen LogP contribution is 2.26. The number of amides is 1. The summed E-state index contributed by atoms with van der Waals surface area (Å²) in [5, 5.41) is 3.60. The molecule has 1 unspecified atom stereocenters. The van der Waals surface area contributed by atoms with Crippen LogP contribution in [0.2, 0.25) is 0 Å². The van der Waals surface area contributed by atoms with Crippen LogP contribution < -0.4 is 5.43 Å². The summed E-state index contributed by atoms with van der Waals surface area (Å²) in [7, 11) is 0. The SMILES string of the molecule is CC(C(=O)N/N=C/c1c(F)cccc1F)c1ccc(-c2ccccc2)c(F)c1. The van der Waals surface area contributed by atoms with Gasteiger partial charge in [0.2, 0.25) is 5.91 Å². The molecule has 3 aromatic carbocycles. The van der Waals surface area contributed by atoms with Gasteiger partial charge in [0, 0.05) is 5.56 Å². The smallest absolute Gasteiger partial charge is 0.247 e. The Kier molecular flexibility index (Phi) is 5.89. The largest absolute Gasteiger partial charge is 0.272 e. The quantitative estimate of drug-likeness (QED) is 0.488. The number of nitrogens with zero attached hydrogens (tertiary/aromatic N) is 1. The number of nitrogens with one attached hydrogen (secondary N) is 1. The molecule has 3 rings (SSSR count). The molecule has 0 fully saturated rings. The Labute approximate surface area is 160 Å². The van der Waals surface area contributed by atoms with Crippen molar-refractivity contribution in [2.24, 2.45) is 5.10 Å². The maximum Gasteiger partial charge on any atom is 0.247 e. The van der Waals surface area contributed by atoms with Crippen molar-refractivity contribution in [2.75, 3.05) is 0 Å². The summed E-state index contributed by atoms with van der Waals surface area (Å²) >= 11 is 0. The van der Waals surface area contributed by atoms with Crippen molar-refractivity contribution in [1.82, 2.24) is 5.43 Å². The minimum Gasteiger partial charge on any atom is -0.272 e. The molecule has 0 aliphatic heterocycles. The monoisotopic (exact) mass is 382 g/mol. The molecule has 0 radical (unpaired) electrons. The Morgan fingerprint density at radius 2 is 1.61 bits per heavy atom. The fraction of sp³-hybridized carbons (Fsp3) is 0.0909. The normalized spacial score (nSPS) is 12.1. The van der Waals surface area contributed by atoms with E-state index in [1.807, 2.05) is 18.2 Å². The molecule has 0 bridgehead atoms. The zero-order valence-electron chi connectivity index (χ0n) is 15.0. The maximum atomic E-state index is 14.5. The fourth-order valence-electron chi connectivity index (χ4n) is 2.70. The van der Waals surface area contributed by atoms with Crippen molar-refractivity contribution >= 4 is 12.1 Å². The fourth-order valence-corrected chi connectivity index (χ4v) is 2.70. The van der Waals surface area contributed by atoms with Crippen LogP contribution in [0.25, 0.3) is 11.1 Å². The van der Waals surface area contributed by atoms with Crippen LogP contribution in [0.3, 0.4) is 0 Å². The van der Waals surface area contributed by atoms with Crippen LogP contribution >= 0.6 is 0 Å². The van der Waals surface area contributed by atoms with E-state index < -0.39 is 29.3 Å². The van der Waals surface area contributed by atoms with Gasteiger partial charge in [-0.2, -0.15) is 5.10 Å². The van der Waals surface area contributed by atoms with Crippen LogP contribution in [0.5, 0.6) is 0 Å². The summed E-state index contributed by atoms with van der Waals surface area (Å²) in [5.74, 6) is -3.25. The molecule has 1 N–H and O–H groups in total. The molecule has 0 heterocycles. The highest BCUT2D eigenvalue weighted by molar-refractivity contribution is 5.86. The molecule has 142 valence electrons. The summed E-state index contributed by atoms with van der Waals surface area (Å²) in [6.07, 6.45) is 0.897. The third-order valence-corrected chi connectivity index (χ3v) is 4.34. The first-order valence-corrected chi connectivity index (χ1v) is 8.59. The molecule has 0 aliphatic carbocycles. The van der Waals surface area contributed by atoms with E-state index in [1.165, 1.54) is 12.1 Å². The zero-order chi connectivity index (χ0) is 20.1. The lowest BCUT2D eigenvalue weighted by Crippen LogP contribution is -2.23. The van der Waals surface area contributed by atoms with E-state index in [1.54, 1.807) is 31.2 Å². The molecule has 0 aliphatic rings. The Morgan fingerprint density at radius 3 is 2.25 bits per heavy atom. The van der Waals surface area contributed by atoms with Crippen LogP contribution in [0.1, 0.15) is 24.0 Å². The number of hydrazone groups is 1. The predicted molar refractivity (Wildman–Crippen MR) is 102 cm³/mol. The molecule has 1 atom stereocenters. The molecule has 0 spiro atoms.